The highest BCUT2D eigenvalue weighted by atomic mass is 32.2. The number of fused-ring (bicyclic) bond motifs is 1. The summed E-state index contributed by atoms with van der Waals surface area (Å²) in [5.74, 6) is -3.40. The van der Waals surface area contributed by atoms with E-state index in [1.165, 1.54) is 12.3 Å². The first-order valence-corrected chi connectivity index (χ1v) is 11.9. The van der Waals surface area contributed by atoms with Gasteiger partial charge in [-0.3, -0.25) is 9.52 Å². The molecule has 4 aromatic rings. The van der Waals surface area contributed by atoms with Crippen LogP contribution in [0.25, 0.3) is 11.2 Å². The van der Waals surface area contributed by atoms with E-state index in [4.69, 9.17) is 0 Å². The van der Waals surface area contributed by atoms with Gasteiger partial charge in [-0.1, -0.05) is 25.1 Å². The van der Waals surface area contributed by atoms with Gasteiger partial charge < -0.3 is 15.6 Å². The predicted octanol–water partition coefficient (Wildman–Crippen LogP) is 4.38. The number of benzene rings is 2. The molecule has 176 valence electrons. The number of hydrogen-bond donors (Lipinski definition) is 4. The van der Waals surface area contributed by atoms with Gasteiger partial charge in [-0.15, -0.1) is 0 Å². The summed E-state index contributed by atoms with van der Waals surface area (Å²) in [5.41, 5.74) is 0.337. The maximum Gasteiger partial charge on any atom is 0.261 e. The highest BCUT2D eigenvalue weighted by Gasteiger charge is 2.23. The third kappa shape index (κ3) is 5.12. The van der Waals surface area contributed by atoms with Crippen LogP contribution in [0, 0.1) is 11.6 Å². The summed E-state index contributed by atoms with van der Waals surface area (Å²) >= 11 is 0. The number of carbonyl (C=O) groups excluding carboxylic acids is 1. The molecule has 0 saturated carbocycles. The van der Waals surface area contributed by atoms with Crippen LogP contribution in [0.1, 0.15) is 23.7 Å². The van der Waals surface area contributed by atoms with Crippen molar-refractivity contribution >= 4 is 50.1 Å². The van der Waals surface area contributed by atoms with E-state index in [1.807, 2.05) is 35.1 Å². The number of aromatic nitrogens is 3. The molecule has 12 heteroatoms. The number of carbonyl (C=O) groups is 1. The number of para-hydroxylation sites is 1. The number of rotatable bonds is 8. The van der Waals surface area contributed by atoms with Gasteiger partial charge >= 0.3 is 0 Å². The summed E-state index contributed by atoms with van der Waals surface area (Å²) in [4.78, 5) is 24.1. The molecule has 0 saturated heterocycles. The molecule has 2 heterocycles. The van der Waals surface area contributed by atoms with Gasteiger partial charge in [-0.25, -0.2) is 27.2 Å². The van der Waals surface area contributed by atoms with Crippen LogP contribution >= 0.6 is 0 Å². The van der Waals surface area contributed by atoms with E-state index >= 15 is 0 Å². The van der Waals surface area contributed by atoms with Crippen molar-refractivity contribution in [3.8, 4) is 0 Å². The van der Waals surface area contributed by atoms with Crippen LogP contribution in [0.4, 0.5) is 31.8 Å². The van der Waals surface area contributed by atoms with Crippen molar-refractivity contribution in [1.82, 2.24) is 15.0 Å². The molecular formula is C22H20F2N6O3S. The van der Waals surface area contributed by atoms with Crippen LogP contribution in [0.15, 0.2) is 54.7 Å². The molecule has 4 rings (SSSR count). The zero-order chi connectivity index (χ0) is 24.3. The number of H-pyrrole nitrogens is 1. The molecule has 34 heavy (non-hydrogen) atoms. The van der Waals surface area contributed by atoms with Gasteiger partial charge in [0.2, 0.25) is 16.0 Å². The fourth-order valence-corrected chi connectivity index (χ4v) is 4.33. The van der Waals surface area contributed by atoms with Gasteiger partial charge in [0.1, 0.15) is 16.9 Å². The lowest BCUT2D eigenvalue weighted by atomic mass is 10.1. The lowest BCUT2D eigenvalue weighted by Gasteiger charge is -2.12. The molecule has 0 aliphatic rings. The van der Waals surface area contributed by atoms with E-state index in [0.29, 0.717) is 23.5 Å². The van der Waals surface area contributed by atoms with Crippen molar-refractivity contribution in [3.63, 3.8) is 0 Å². The molecule has 0 fully saturated rings. The molecule has 0 aliphatic heterocycles. The molecule has 0 radical (unpaired) electrons. The molecule has 9 nitrogen and oxygen atoms in total. The van der Waals surface area contributed by atoms with Crippen LogP contribution in [0.2, 0.25) is 0 Å². The van der Waals surface area contributed by atoms with Crippen molar-refractivity contribution in [1.29, 1.82) is 0 Å². The number of nitrogens with one attached hydrogen (secondary N) is 4. The lowest BCUT2D eigenvalue weighted by molar-refractivity contribution is 0.101. The Labute approximate surface area is 193 Å². The lowest BCUT2D eigenvalue weighted by Crippen LogP contribution is -2.20. The Morgan fingerprint density at radius 3 is 2.59 bits per heavy atom. The topological polar surface area (TPSA) is 129 Å². The standard InChI is InChI=1S/C22H20F2N6O3S/c1-2-10-34(32,33)30-16-9-8-15(23)18(19(16)24)21(31)26-14-11-17-20(25-12-14)29-22(28-17)27-13-6-4-3-5-7-13/h3-9,11-12,30H,2,10H2,1H3,(H,26,31)(H2,25,27,28,29). The Hall–Kier alpha value is -4.06. The predicted molar refractivity (Wildman–Crippen MR) is 126 cm³/mol. The fourth-order valence-electron chi connectivity index (χ4n) is 3.20. The third-order valence-electron chi connectivity index (χ3n) is 4.69. The number of sulfonamides is 1. The molecular weight excluding hydrogens is 466 g/mol. The minimum atomic E-state index is -3.84. The van der Waals surface area contributed by atoms with Crippen molar-refractivity contribution in [2.24, 2.45) is 0 Å². The van der Waals surface area contributed by atoms with E-state index in [-0.39, 0.29) is 11.4 Å². The van der Waals surface area contributed by atoms with Crippen molar-refractivity contribution in [2.45, 2.75) is 13.3 Å². The fraction of sp³-hybridized carbons (Fsp3) is 0.136. The Morgan fingerprint density at radius 1 is 1.09 bits per heavy atom. The van der Waals surface area contributed by atoms with E-state index in [9.17, 15) is 22.0 Å². The summed E-state index contributed by atoms with van der Waals surface area (Å²) in [6.07, 6.45) is 1.60. The number of anilines is 4. The van der Waals surface area contributed by atoms with Crippen molar-refractivity contribution in [3.05, 3.63) is 71.9 Å². The van der Waals surface area contributed by atoms with Gasteiger partial charge in [0.05, 0.1) is 23.3 Å². The minimum absolute atomic E-state index is 0.144. The van der Waals surface area contributed by atoms with Crippen LogP contribution in [-0.2, 0) is 10.0 Å². The summed E-state index contributed by atoms with van der Waals surface area (Å²) in [6, 6.07) is 12.5. The number of pyridine rings is 1. The first kappa shape index (κ1) is 23.1. The zero-order valence-electron chi connectivity index (χ0n) is 17.9. The molecule has 1 amide bonds. The Bertz CT molecular complexity index is 1460. The zero-order valence-corrected chi connectivity index (χ0v) is 18.7. The third-order valence-corrected chi connectivity index (χ3v) is 6.16. The number of hydrogen-bond acceptors (Lipinski definition) is 6. The Morgan fingerprint density at radius 2 is 1.85 bits per heavy atom. The SMILES string of the molecule is CCCS(=O)(=O)Nc1ccc(F)c(C(=O)Nc2cnc3[nH]c(Nc4ccccc4)nc3c2)c1F. The number of nitrogens with zero attached hydrogens (tertiary/aromatic N) is 2. The van der Waals surface area contributed by atoms with Crippen molar-refractivity contribution in [2.75, 3.05) is 21.1 Å². The Balaban J connectivity index is 1.56. The maximum absolute atomic E-state index is 14.9. The molecule has 0 bridgehead atoms. The van der Waals surface area contributed by atoms with Gasteiger partial charge in [-0.05, 0) is 36.8 Å². The summed E-state index contributed by atoms with van der Waals surface area (Å²) < 4.78 is 55.1. The van der Waals surface area contributed by atoms with Crippen molar-refractivity contribution < 1.29 is 22.0 Å². The van der Waals surface area contributed by atoms with Gasteiger partial charge in [0, 0.05) is 5.69 Å². The van der Waals surface area contributed by atoms with E-state index < -0.39 is 38.8 Å². The number of aromatic amines is 1. The monoisotopic (exact) mass is 486 g/mol. The minimum Gasteiger partial charge on any atom is -0.326 e. The van der Waals surface area contributed by atoms with Crippen LogP contribution < -0.4 is 15.4 Å². The highest BCUT2D eigenvalue weighted by Crippen LogP contribution is 2.25. The number of amides is 1. The first-order chi connectivity index (χ1) is 16.3. The first-order valence-electron chi connectivity index (χ1n) is 10.2. The summed E-state index contributed by atoms with van der Waals surface area (Å²) in [7, 11) is -3.84. The molecule has 0 spiro atoms. The average Bonchev–Trinajstić information content (AvgIpc) is 3.18. The molecule has 2 aromatic heterocycles. The van der Waals surface area contributed by atoms with E-state index in [2.05, 4.69) is 25.6 Å². The largest absolute Gasteiger partial charge is 0.326 e. The van der Waals surface area contributed by atoms with Crippen LogP contribution in [0.3, 0.4) is 0 Å². The number of imidazole rings is 1. The molecule has 0 unspecified atom stereocenters. The molecule has 0 aliphatic carbocycles. The second-order valence-electron chi connectivity index (χ2n) is 7.33. The van der Waals surface area contributed by atoms with Gasteiger partial charge in [-0.2, -0.15) is 0 Å². The molecule has 4 N–H and O–H groups in total. The smallest absolute Gasteiger partial charge is 0.261 e. The quantitative estimate of drug-likeness (QED) is 0.293. The highest BCUT2D eigenvalue weighted by molar-refractivity contribution is 7.92. The van der Waals surface area contributed by atoms with E-state index in [1.54, 1.807) is 6.92 Å². The molecule has 0 atom stereocenters. The summed E-state index contributed by atoms with van der Waals surface area (Å²) in [6.45, 7) is 1.64. The van der Waals surface area contributed by atoms with E-state index in [0.717, 1.165) is 17.8 Å². The van der Waals surface area contributed by atoms with Gasteiger partial charge in [0.15, 0.2) is 11.5 Å². The van der Waals surface area contributed by atoms with Crippen LogP contribution in [-0.4, -0.2) is 35.0 Å². The second-order valence-corrected chi connectivity index (χ2v) is 9.17. The van der Waals surface area contributed by atoms with Crippen LogP contribution in [0.5, 0.6) is 0 Å². The number of halogens is 2. The molecule has 2 aromatic carbocycles. The maximum atomic E-state index is 14.9. The Kier molecular flexibility index (Phi) is 6.41. The van der Waals surface area contributed by atoms with Gasteiger partial charge in [0.25, 0.3) is 5.91 Å². The second kappa shape index (κ2) is 9.43. The summed E-state index contributed by atoms with van der Waals surface area (Å²) in [5, 5.41) is 5.45. The normalized spacial score (nSPS) is 11.4. The average molecular weight is 487 g/mol.